The average molecular weight is 452 g/mol. The maximum Gasteiger partial charge on any atom is 0.404 e. The quantitative estimate of drug-likeness (QED) is 0.541. The van der Waals surface area contributed by atoms with Gasteiger partial charge in [0.05, 0.1) is 6.42 Å². The molecule has 3 N–H and O–H groups in total. The van der Waals surface area contributed by atoms with Crippen LogP contribution in [0.3, 0.4) is 0 Å². The number of nitrogens with two attached hydrogens (primary N) is 1. The maximum atomic E-state index is 13.4. The second-order valence-corrected chi connectivity index (χ2v) is 7.31. The average Bonchev–Trinajstić information content (AvgIpc) is 3.23. The molecule has 0 unspecified atom stereocenters. The summed E-state index contributed by atoms with van der Waals surface area (Å²) in [5, 5.41) is 11.1. The molecule has 1 aliphatic rings. The topological polar surface area (TPSA) is 153 Å². The standard InChI is InChI=1S/C21H24N8O4/c1-3-23-21-24-12-15-17(25-21)28(2)8-9-29(19(15)30)14-6-4-5-13(11-14)18-27-26-16(33-18)7-10-32-20(22)31/h4-6,11-12H,3,7-10H2,1-2H3,(H2,22,31)(H,23,24,25). The SMILES string of the molecule is CCNc1ncc2c(n1)N(C)CCN(c1cccc(-c3nnc(CCOC(N)=O)o3)c1)C2=O. The lowest BCUT2D eigenvalue weighted by Gasteiger charge is -2.21. The van der Waals surface area contributed by atoms with Gasteiger partial charge in [0.15, 0.2) is 0 Å². The number of amides is 2. The number of anilines is 3. The second-order valence-electron chi connectivity index (χ2n) is 7.31. The van der Waals surface area contributed by atoms with Crippen LogP contribution in [0, 0.1) is 0 Å². The number of hydrogen-bond acceptors (Lipinski definition) is 10. The minimum atomic E-state index is -0.861. The Kier molecular flexibility index (Phi) is 6.33. The van der Waals surface area contributed by atoms with Gasteiger partial charge in [0.2, 0.25) is 17.7 Å². The van der Waals surface area contributed by atoms with E-state index in [1.807, 2.05) is 43.1 Å². The smallest absolute Gasteiger partial charge is 0.404 e. The van der Waals surface area contributed by atoms with E-state index >= 15 is 0 Å². The van der Waals surface area contributed by atoms with Crippen LogP contribution in [0.15, 0.2) is 34.9 Å². The predicted octanol–water partition coefficient (Wildman–Crippen LogP) is 1.69. The van der Waals surface area contributed by atoms with Gasteiger partial charge in [0.25, 0.3) is 5.91 Å². The summed E-state index contributed by atoms with van der Waals surface area (Å²) < 4.78 is 10.4. The molecule has 172 valence electrons. The van der Waals surface area contributed by atoms with Gasteiger partial charge in [-0.1, -0.05) is 6.07 Å². The Balaban J connectivity index is 1.57. The van der Waals surface area contributed by atoms with Crippen LogP contribution < -0.4 is 20.9 Å². The number of primary amides is 1. The van der Waals surface area contributed by atoms with E-state index in [0.29, 0.717) is 60.0 Å². The molecule has 2 amide bonds. The number of aromatic nitrogens is 4. The number of benzene rings is 1. The summed E-state index contributed by atoms with van der Waals surface area (Å²) >= 11 is 0. The normalized spacial score (nSPS) is 13.5. The Morgan fingerprint density at radius 2 is 2.15 bits per heavy atom. The highest BCUT2D eigenvalue weighted by Gasteiger charge is 2.28. The zero-order chi connectivity index (χ0) is 23.4. The zero-order valence-corrected chi connectivity index (χ0v) is 18.3. The van der Waals surface area contributed by atoms with Crippen molar-refractivity contribution in [3.8, 4) is 11.5 Å². The molecule has 1 aromatic carbocycles. The molecule has 12 nitrogen and oxygen atoms in total. The predicted molar refractivity (Wildman–Crippen MR) is 120 cm³/mol. The van der Waals surface area contributed by atoms with Crippen molar-refractivity contribution in [2.45, 2.75) is 13.3 Å². The number of nitrogens with one attached hydrogen (secondary N) is 1. The third-order valence-corrected chi connectivity index (χ3v) is 5.03. The van der Waals surface area contributed by atoms with E-state index in [-0.39, 0.29) is 18.9 Å². The molecule has 0 fully saturated rings. The fourth-order valence-corrected chi connectivity index (χ4v) is 3.42. The number of nitrogens with zero attached hydrogens (tertiary/aromatic N) is 6. The Hall–Kier alpha value is -4.22. The van der Waals surface area contributed by atoms with Gasteiger partial charge in [-0.25, -0.2) is 9.78 Å². The summed E-state index contributed by atoms with van der Waals surface area (Å²) in [4.78, 5) is 36.5. The van der Waals surface area contributed by atoms with Crippen LogP contribution in [-0.2, 0) is 11.2 Å². The van der Waals surface area contributed by atoms with Crippen molar-refractivity contribution < 1.29 is 18.7 Å². The third-order valence-electron chi connectivity index (χ3n) is 5.03. The van der Waals surface area contributed by atoms with E-state index in [0.717, 1.165) is 0 Å². The van der Waals surface area contributed by atoms with Crippen LogP contribution >= 0.6 is 0 Å². The highest BCUT2D eigenvalue weighted by molar-refractivity contribution is 6.09. The van der Waals surface area contributed by atoms with E-state index in [2.05, 4.69) is 30.2 Å². The Labute approximate surface area is 189 Å². The largest absolute Gasteiger partial charge is 0.449 e. The molecule has 33 heavy (non-hydrogen) atoms. The van der Waals surface area contributed by atoms with Crippen LogP contribution in [0.25, 0.3) is 11.5 Å². The first-order chi connectivity index (χ1) is 16.0. The number of rotatable bonds is 7. The number of likely N-dealkylation sites (N-methyl/N-ethyl adjacent to an activating group) is 1. The molecule has 12 heteroatoms. The molecule has 0 spiro atoms. The van der Waals surface area contributed by atoms with Gasteiger partial charge in [-0.2, -0.15) is 4.98 Å². The van der Waals surface area contributed by atoms with E-state index < -0.39 is 6.09 Å². The molecule has 3 aromatic rings. The maximum absolute atomic E-state index is 13.4. The zero-order valence-electron chi connectivity index (χ0n) is 18.3. The lowest BCUT2D eigenvalue weighted by Crippen LogP contribution is -2.33. The summed E-state index contributed by atoms with van der Waals surface area (Å²) in [7, 11) is 1.90. The van der Waals surface area contributed by atoms with Gasteiger partial charge in [-0.15, -0.1) is 10.2 Å². The minimum Gasteiger partial charge on any atom is -0.449 e. The fraction of sp³-hybridized carbons (Fsp3) is 0.333. The summed E-state index contributed by atoms with van der Waals surface area (Å²) in [6.07, 6.45) is 0.942. The monoisotopic (exact) mass is 452 g/mol. The fourth-order valence-electron chi connectivity index (χ4n) is 3.42. The van der Waals surface area contributed by atoms with Gasteiger partial charge in [0.1, 0.15) is 18.0 Å². The molecule has 1 aliphatic heterocycles. The van der Waals surface area contributed by atoms with Crippen LogP contribution in [0.1, 0.15) is 23.2 Å². The van der Waals surface area contributed by atoms with Crippen molar-refractivity contribution in [3.63, 3.8) is 0 Å². The molecule has 0 radical (unpaired) electrons. The second kappa shape index (κ2) is 9.51. The summed E-state index contributed by atoms with van der Waals surface area (Å²) in [5.74, 6) is 1.49. The first-order valence-corrected chi connectivity index (χ1v) is 10.4. The highest BCUT2D eigenvalue weighted by Crippen LogP contribution is 2.29. The molecular weight excluding hydrogens is 428 g/mol. The van der Waals surface area contributed by atoms with E-state index in [4.69, 9.17) is 10.2 Å². The molecule has 0 saturated heterocycles. The van der Waals surface area contributed by atoms with Gasteiger partial charge in [0, 0.05) is 44.1 Å². The minimum absolute atomic E-state index is 0.0454. The van der Waals surface area contributed by atoms with Crippen molar-refractivity contribution in [2.24, 2.45) is 5.73 Å². The third kappa shape index (κ3) is 4.84. The highest BCUT2D eigenvalue weighted by atomic mass is 16.5. The van der Waals surface area contributed by atoms with Crippen LogP contribution in [0.5, 0.6) is 0 Å². The van der Waals surface area contributed by atoms with Crippen LogP contribution in [0.4, 0.5) is 22.2 Å². The molecule has 2 aromatic heterocycles. The molecule has 3 heterocycles. The van der Waals surface area contributed by atoms with Crippen molar-refractivity contribution in [1.29, 1.82) is 0 Å². The Morgan fingerprint density at radius 1 is 1.30 bits per heavy atom. The van der Waals surface area contributed by atoms with Gasteiger partial charge in [-0.3, -0.25) is 4.79 Å². The first kappa shape index (κ1) is 22.0. The Bertz CT molecular complexity index is 1160. The first-order valence-electron chi connectivity index (χ1n) is 10.4. The molecule has 0 bridgehead atoms. The summed E-state index contributed by atoms with van der Waals surface area (Å²) in [6, 6.07) is 7.29. The van der Waals surface area contributed by atoms with E-state index in [9.17, 15) is 9.59 Å². The molecule has 0 saturated carbocycles. The van der Waals surface area contributed by atoms with Crippen molar-refractivity contribution in [3.05, 3.63) is 41.9 Å². The Morgan fingerprint density at radius 3 is 2.94 bits per heavy atom. The molecule has 0 atom stereocenters. The van der Waals surface area contributed by atoms with Crippen molar-refractivity contribution >= 4 is 29.5 Å². The molecule has 0 aliphatic carbocycles. The van der Waals surface area contributed by atoms with Gasteiger partial charge >= 0.3 is 6.09 Å². The van der Waals surface area contributed by atoms with E-state index in [1.54, 1.807) is 11.1 Å². The van der Waals surface area contributed by atoms with Gasteiger partial charge < -0.3 is 30.0 Å². The number of carbonyl (C=O) groups excluding carboxylic acids is 2. The number of fused-ring (bicyclic) bond motifs is 1. The number of hydrogen-bond donors (Lipinski definition) is 2. The summed E-state index contributed by atoms with van der Waals surface area (Å²) in [5.41, 5.74) is 6.72. The molecule has 4 rings (SSSR count). The lowest BCUT2D eigenvalue weighted by molar-refractivity contribution is 0.0989. The lowest BCUT2D eigenvalue weighted by atomic mass is 10.1. The van der Waals surface area contributed by atoms with Crippen molar-refractivity contribution in [1.82, 2.24) is 20.2 Å². The van der Waals surface area contributed by atoms with Crippen LogP contribution in [0.2, 0.25) is 0 Å². The van der Waals surface area contributed by atoms with Gasteiger partial charge in [-0.05, 0) is 25.1 Å². The molecular formula is C21H24N8O4. The van der Waals surface area contributed by atoms with Crippen LogP contribution in [-0.4, -0.2) is 65.5 Å². The summed E-state index contributed by atoms with van der Waals surface area (Å²) in [6.45, 7) is 3.75. The number of ether oxygens (including phenoxy) is 1. The van der Waals surface area contributed by atoms with Crippen molar-refractivity contribution in [2.75, 3.05) is 48.4 Å². The number of carbonyl (C=O) groups is 2. The van der Waals surface area contributed by atoms with E-state index in [1.165, 1.54) is 0 Å².